The number of imidazole rings is 3. The molecule has 542 valence electrons. The molecule has 2 fully saturated rings. The van der Waals surface area contributed by atoms with Gasteiger partial charge >= 0.3 is 0 Å². The van der Waals surface area contributed by atoms with Gasteiger partial charge in [0.15, 0.2) is 11.6 Å². The number of rotatable bonds is 27. The molecule has 5 heterocycles. The van der Waals surface area contributed by atoms with E-state index in [4.69, 9.17) is 30.2 Å². The van der Waals surface area contributed by atoms with E-state index in [1.807, 2.05) is 86.1 Å². The molecule has 2 aliphatic rings. The number of aromatic nitrogens is 8. The summed E-state index contributed by atoms with van der Waals surface area (Å²) in [6.07, 6.45) is 20.2. The van der Waals surface area contributed by atoms with Crippen molar-refractivity contribution >= 4 is 85.9 Å². The highest BCUT2D eigenvalue weighted by atomic mass is 32.1. The first kappa shape index (κ1) is 79.8. The molecular formula is C80H111N15O5S. The number of aliphatic hydroxyl groups is 1. The fourth-order valence-electron chi connectivity index (χ4n) is 12.3. The van der Waals surface area contributed by atoms with E-state index in [1.54, 1.807) is 43.4 Å². The zero-order chi connectivity index (χ0) is 73.8. The fraction of sp³-hybridized carbons (Fsp3) is 0.450. The number of H-pyrrole nitrogens is 3. The summed E-state index contributed by atoms with van der Waals surface area (Å²) < 4.78 is 5.30. The van der Waals surface area contributed by atoms with E-state index in [0.29, 0.717) is 47.8 Å². The number of oxazole rings is 1. The quantitative estimate of drug-likeness (QED) is 0.0169. The minimum absolute atomic E-state index is 0.00255. The summed E-state index contributed by atoms with van der Waals surface area (Å²) in [6.45, 7) is 35.0. The number of carbonyl (C=O) groups excluding carboxylic acids is 3. The SMILES string of the molecule is C=C(O)c1coc(C(C)(C)NC(C)C)n1.CC(=O)/C=C/c1ccc2nc(C3(NC(C)C)CCC3)[nH]c2c1.CC(=O)/C=C/c1ccc2nc([C@@H](CCN(C)C)NC(C)C)[nH]c2c1.CC(C)NC1(c2nc3ccc(/C=C/C(N)=O)cc3[nH]2)CCC1.Cc1ccc(C[C@H](NC(C)C)c2cscn2)cc1. The first-order valence-corrected chi connectivity index (χ1v) is 36.4. The lowest BCUT2D eigenvalue weighted by molar-refractivity contribution is -0.114. The Morgan fingerprint density at radius 2 is 1.14 bits per heavy atom. The maximum atomic E-state index is 11.1. The second-order valence-electron chi connectivity index (χ2n) is 29.1. The Balaban J connectivity index is 0.000000179. The summed E-state index contributed by atoms with van der Waals surface area (Å²) in [7, 11) is 4.16. The highest BCUT2D eigenvalue weighted by Gasteiger charge is 2.43. The van der Waals surface area contributed by atoms with E-state index in [0.717, 1.165) is 118 Å². The highest BCUT2D eigenvalue weighted by Crippen LogP contribution is 2.42. The first-order chi connectivity index (χ1) is 47.8. The molecule has 0 bridgehead atoms. The number of aryl methyl sites for hydroxylation is 1. The first-order valence-electron chi connectivity index (χ1n) is 35.4. The third-order valence-corrected chi connectivity index (χ3v) is 17.7. The molecule has 9 aromatic rings. The van der Waals surface area contributed by atoms with E-state index in [2.05, 4.69) is 183 Å². The topological polar surface area (TPSA) is 286 Å². The summed E-state index contributed by atoms with van der Waals surface area (Å²) in [5.74, 6) is 3.14. The van der Waals surface area contributed by atoms with Crippen molar-refractivity contribution in [2.45, 2.75) is 214 Å². The number of thiazole rings is 1. The van der Waals surface area contributed by atoms with Crippen molar-refractivity contribution in [3.63, 3.8) is 0 Å². The molecule has 0 unspecified atom stereocenters. The number of fused-ring (bicyclic) bond motifs is 3. The third kappa shape index (κ3) is 24.3. The lowest BCUT2D eigenvalue weighted by atomic mass is 9.75. The summed E-state index contributed by atoms with van der Waals surface area (Å²) in [5, 5.41) is 29.1. The molecule has 2 aliphatic carbocycles. The van der Waals surface area contributed by atoms with E-state index in [9.17, 15) is 14.4 Å². The Bertz CT molecular complexity index is 4090. The number of primary amides is 1. The summed E-state index contributed by atoms with van der Waals surface area (Å²) in [4.78, 5) is 68.4. The van der Waals surface area contributed by atoms with Crippen molar-refractivity contribution in [1.29, 1.82) is 0 Å². The van der Waals surface area contributed by atoms with Crippen molar-refractivity contribution in [2.75, 3.05) is 20.6 Å². The molecule has 20 nitrogen and oxygen atoms in total. The number of nitrogens with two attached hydrogens (primary N) is 1. The normalized spacial score (nSPS) is 14.8. The Kier molecular flexibility index (Phi) is 29.1. The molecule has 0 spiro atoms. The second-order valence-corrected chi connectivity index (χ2v) is 29.8. The van der Waals surface area contributed by atoms with Gasteiger partial charge in [0.2, 0.25) is 11.8 Å². The van der Waals surface area contributed by atoms with Crippen molar-refractivity contribution in [3.05, 3.63) is 183 Å². The number of allylic oxidation sites excluding steroid dienone is 2. The minimum Gasteiger partial charge on any atom is -0.506 e. The molecule has 11 rings (SSSR count). The van der Waals surface area contributed by atoms with Gasteiger partial charge in [0.1, 0.15) is 35.2 Å². The number of amides is 1. The molecule has 101 heavy (non-hydrogen) atoms. The molecular weight excluding hydrogens is 1280 g/mol. The Hall–Kier alpha value is -8.54. The second kappa shape index (κ2) is 36.9. The van der Waals surface area contributed by atoms with Gasteiger partial charge in [-0.15, -0.1) is 11.3 Å². The van der Waals surface area contributed by atoms with Crippen LogP contribution in [0.1, 0.15) is 217 Å². The van der Waals surface area contributed by atoms with Gasteiger partial charge < -0.3 is 61.7 Å². The molecule has 0 aliphatic heterocycles. The molecule has 2 saturated carbocycles. The predicted molar refractivity (Wildman–Crippen MR) is 415 cm³/mol. The smallest absolute Gasteiger partial charge is 0.241 e. The molecule has 2 atom stereocenters. The summed E-state index contributed by atoms with van der Waals surface area (Å²) >= 11 is 1.66. The monoisotopic (exact) mass is 1390 g/mol. The van der Waals surface area contributed by atoms with Crippen molar-refractivity contribution in [2.24, 2.45) is 5.73 Å². The van der Waals surface area contributed by atoms with Gasteiger partial charge in [0.05, 0.1) is 73.0 Å². The van der Waals surface area contributed by atoms with Crippen LogP contribution >= 0.6 is 11.3 Å². The van der Waals surface area contributed by atoms with Crippen molar-refractivity contribution < 1.29 is 23.9 Å². The van der Waals surface area contributed by atoms with Gasteiger partial charge in [-0.2, -0.15) is 0 Å². The van der Waals surface area contributed by atoms with Crippen LogP contribution in [0, 0.1) is 6.92 Å². The number of nitrogens with one attached hydrogen (secondary N) is 8. The molecule has 0 radical (unpaired) electrons. The standard InChI is InChI=1S/C19H28N4O.C18H23N3O.C17H22N4O.C15H20N2S.C11H18N2O2/c1-13(2)20-17(10-11-23(4)5)19-21-16-9-8-15(7-6-14(3)24)12-18(16)22-19;1-12(2)21-18(9-4-10-18)17-19-15-8-7-14(6-5-13(3)22)11-16(15)20-17;1-11(2)21-17(8-3-9-17)16-19-13-6-4-12(5-7-15(18)22)10-14(13)20-16;1-11(2)17-14(15-9-18-10-16-15)8-13-6-4-12(3)5-7-13;1-7(2)13-11(4,5)10-12-9(6-15-10)8(3)14/h6-9,12-13,17,20H,10-11H2,1-5H3,(H,21,22);5-8,11-12,21H,4,9-10H2,1-3H3,(H,19,20);4-7,10-11,21H,3,8-9H2,1-2H3,(H2,18,22)(H,19,20);4-7,9-11,14,17H,8H2,1-3H3;6-7,13-14H,3H2,1-2,4-5H3/b7-6+;6-5+;7-5+;;/t17-;;;14-;/m1..0./s1. The third-order valence-electron chi connectivity index (χ3n) is 17.1. The minimum atomic E-state index is -0.444. The van der Waals surface area contributed by atoms with Crippen LogP contribution in [0.4, 0.5) is 0 Å². The number of ketones is 2. The predicted octanol–water partition coefficient (Wildman–Crippen LogP) is 15.3. The lowest BCUT2D eigenvalue weighted by Crippen LogP contribution is -2.51. The van der Waals surface area contributed by atoms with Crippen LogP contribution < -0.4 is 32.3 Å². The van der Waals surface area contributed by atoms with Crippen molar-refractivity contribution in [3.8, 4) is 0 Å². The summed E-state index contributed by atoms with van der Waals surface area (Å²) in [6, 6.07) is 29.2. The summed E-state index contributed by atoms with van der Waals surface area (Å²) in [5.41, 5.74) is 19.7. The van der Waals surface area contributed by atoms with E-state index >= 15 is 0 Å². The molecule has 1 amide bonds. The number of hydrogen-bond donors (Lipinski definition) is 10. The average Bonchev–Trinajstić information content (AvgIpc) is 1.71. The van der Waals surface area contributed by atoms with Crippen LogP contribution in [0.5, 0.6) is 0 Å². The van der Waals surface area contributed by atoms with Crippen LogP contribution in [-0.4, -0.2) is 118 Å². The van der Waals surface area contributed by atoms with Gasteiger partial charge in [-0.25, -0.2) is 24.9 Å². The molecule has 21 heteroatoms. The van der Waals surface area contributed by atoms with Gasteiger partial charge in [0.25, 0.3) is 0 Å². The molecule has 4 aromatic carbocycles. The number of aromatic amines is 3. The van der Waals surface area contributed by atoms with Gasteiger partial charge in [0, 0.05) is 41.7 Å². The maximum Gasteiger partial charge on any atom is 0.241 e. The largest absolute Gasteiger partial charge is 0.506 e. The van der Waals surface area contributed by atoms with Crippen molar-refractivity contribution in [1.82, 2.24) is 71.4 Å². The fourth-order valence-corrected chi connectivity index (χ4v) is 12.9. The molecule has 0 saturated heterocycles. The number of benzene rings is 4. The van der Waals surface area contributed by atoms with Gasteiger partial charge in [-0.1, -0.05) is 94.5 Å². The van der Waals surface area contributed by atoms with Gasteiger partial charge in [-0.3, -0.25) is 14.4 Å². The maximum absolute atomic E-state index is 11.1. The molecule has 5 aromatic heterocycles. The van der Waals surface area contributed by atoms with Crippen LogP contribution in [0.2, 0.25) is 0 Å². The number of nitrogens with zero attached hydrogens (tertiary/aromatic N) is 6. The zero-order valence-electron chi connectivity index (χ0n) is 62.6. The molecule has 11 N–H and O–H groups in total. The number of carbonyl (C=O) groups is 3. The van der Waals surface area contributed by atoms with Gasteiger partial charge in [-0.05, 0) is 225 Å². The van der Waals surface area contributed by atoms with Crippen LogP contribution in [0.15, 0.2) is 125 Å². The average molecular weight is 1390 g/mol. The van der Waals surface area contributed by atoms with E-state index in [-0.39, 0.29) is 40.0 Å². The Labute approximate surface area is 601 Å². The van der Waals surface area contributed by atoms with E-state index in [1.165, 1.54) is 36.3 Å². The Morgan fingerprint density at radius 1 is 0.663 bits per heavy atom. The number of hydrogen-bond acceptors (Lipinski definition) is 17. The van der Waals surface area contributed by atoms with Crippen LogP contribution in [-0.2, 0) is 37.4 Å². The zero-order valence-corrected chi connectivity index (χ0v) is 63.4. The Morgan fingerprint density at radius 3 is 1.53 bits per heavy atom. The number of aliphatic hydroxyl groups excluding tert-OH is 1. The lowest BCUT2D eigenvalue weighted by Gasteiger charge is -2.42. The highest BCUT2D eigenvalue weighted by molar-refractivity contribution is 7.07. The van der Waals surface area contributed by atoms with E-state index < -0.39 is 5.91 Å². The van der Waals surface area contributed by atoms with Crippen LogP contribution in [0.3, 0.4) is 0 Å². The van der Waals surface area contributed by atoms with Crippen LogP contribution in [0.25, 0.3) is 57.1 Å².